The van der Waals surface area contributed by atoms with Crippen LogP contribution in [0, 0.1) is 6.92 Å². The van der Waals surface area contributed by atoms with Gasteiger partial charge in [-0.3, -0.25) is 0 Å². The van der Waals surface area contributed by atoms with Gasteiger partial charge < -0.3 is 14.5 Å². The van der Waals surface area contributed by atoms with E-state index in [2.05, 4.69) is 28.2 Å². The molecule has 0 bridgehead atoms. The maximum atomic E-state index is 6.12. The lowest BCUT2D eigenvalue weighted by atomic mass is 10.2. The van der Waals surface area contributed by atoms with Crippen molar-refractivity contribution in [2.24, 2.45) is 0 Å². The second-order valence-corrected chi connectivity index (χ2v) is 6.18. The molecular formula is C16H19BrClNO2. The Balaban J connectivity index is 1.95. The van der Waals surface area contributed by atoms with Crippen LogP contribution in [0.1, 0.15) is 30.4 Å². The van der Waals surface area contributed by atoms with E-state index >= 15 is 0 Å². The molecule has 114 valence electrons. The summed E-state index contributed by atoms with van der Waals surface area (Å²) in [6.07, 6.45) is 1.11. The van der Waals surface area contributed by atoms with Crippen molar-refractivity contribution in [1.29, 1.82) is 0 Å². The molecule has 1 aromatic heterocycles. The molecular weight excluding hydrogens is 354 g/mol. The van der Waals surface area contributed by atoms with E-state index in [-0.39, 0.29) is 0 Å². The van der Waals surface area contributed by atoms with Crippen LogP contribution in [-0.4, -0.2) is 6.54 Å². The first kappa shape index (κ1) is 16.4. The number of rotatable bonds is 7. The first-order valence-corrected chi connectivity index (χ1v) is 8.14. The second-order valence-electron chi connectivity index (χ2n) is 4.86. The summed E-state index contributed by atoms with van der Waals surface area (Å²) < 4.78 is 12.4. The summed E-state index contributed by atoms with van der Waals surface area (Å²) in [4.78, 5) is 0. The molecule has 0 fully saturated rings. The highest BCUT2D eigenvalue weighted by molar-refractivity contribution is 9.10. The van der Waals surface area contributed by atoms with E-state index in [0.29, 0.717) is 17.4 Å². The molecule has 5 heteroatoms. The zero-order chi connectivity index (χ0) is 15.2. The van der Waals surface area contributed by atoms with Gasteiger partial charge in [0.2, 0.25) is 0 Å². The molecule has 0 unspecified atom stereocenters. The Morgan fingerprint density at radius 2 is 2.14 bits per heavy atom. The monoisotopic (exact) mass is 371 g/mol. The van der Waals surface area contributed by atoms with Crippen molar-refractivity contribution in [3.63, 3.8) is 0 Å². The predicted octanol–water partition coefficient (Wildman–Crippen LogP) is 5.08. The molecule has 2 rings (SSSR count). The molecule has 0 aliphatic carbocycles. The largest absolute Gasteiger partial charge is 0.484 e. The topological polar surface area (TPSA) is 34.4 Å². The van der Waals surface area contributed by atoms with Crippen LogP contribution in [0.25, 0.3) is 0 Å². The summed E-state index contributed by atoms with van der Waals surface area (Å²) in [5, 5.41) is 3.91. The minimum absolute atomic E-state index is 0.371. The van der Waals surface area contributed by atoms with Crippen LogP contribution in [0.2, 0.25) is 5.02 Å². The number of hydrogen-bond donors (Lipinski definition) is 1. The summed E-state index contributed by atoms with van der Waals surface area (Å²) in [5.74, 6) is 2.42. The lowest BCUT2D eigenvalue weighted by Gasteiger charge is -2.06. The fraction of sp³-hybridized carbons (Fsp3) is 0.375. The Kier molecular flexibility index (Phi) is 6.15. The third-order valence-electron chi connectivity index (χ3n) is 3.05. The average Bonchev–Trinajstić information content (AvgIpc) is 2.79. The molecule has 1 aromatic carbocycles. The Labute approximate surface area is 138 Å². The quantitative estimate of drug-likeness (QED) is 0.688. The van der Waals surface area contributed by atoms with Crippen LogP contribution in [0.5, 0.6) is 5.75 Å². The Morgan fingerprint density at radius 3 is 2.86 bits per heavy atom. The van der Waals surface area contributed by atoms with Crippen LogP contribution in [0.15, 0.2) is 33.2 Å². The number of furan rings is 1. The second kappa shape index (κ2) is 7.87. The van der Waals surface area contributed by atoms with E-state index in [1.165, 1.54) is 0 Å². The van der Waals surface area contributed by atoms with Crippen molar-refractivity contribution in [2.45, 2.75) is 33.4 Å². The molecule has 0 atom stereocenters. The van der Waals surface area contributed by atoms with E-state index in [1.807, 2.05) is 31.2 Å². The number of hydrogen-bond acceptors (Lipinski definition) is 3. The molecule has 21 heavy (non-hydrogen) atoms. The molecule has 2 aromatic rings. The molecule has 0 aliphatic heterocycles. The summed E-state index contributed by atoms with van der Waals surface area (Å²) in [6.45, 7) is 6.29. The minimum Gasteiger partial charge on any atom is -0.484 e. The molecule has 0 saturated carbocycles. The maximum absolute atomic E-state index is 6.12. The van der Waals surface area contributed by atoms with Gasteiger partial charge in [0, 0.05) is 4.47 Å². The SMILES string of the molecule is CCCNCc1oc(COc2ccc(Br)cc2Cl)cc1C. The molecule has 0 aliphatic rings. The normalized spacial score (nSPS) is 10.9. The molecule has 1 N–H and O–H groups in total. The average molecular weight is 373 g/mol. The van der Waals surface area contributed by atoms with Crippen LogP contribution < -0.4 is 10.1 Å². The fourth-order valence-electron chi connectivity index (χ4n) is 1.96. The van der Waals surface area contributed by atoms with E-state index in [9.17, 15) is 0 Å². The summed E-state index contributed by atoms with van der Waals surface area (Å²) in [7, 11) is 0. The van der Waals surface area contributed by atoms with Gasteiger partial charge in [-0.25, -0.2) is 0 Å². The number of aryl methyl sites for hydroxylation is 1. The van der Waals surface area contributed by atoms with Gasteiger partial charge in [-0.15, -0.1) is 0 Å². The highest BCUT2D eigenvalue weighted by atomic mass is 79.9. The van der Waals surface area contributed by atoms with Crippen molar-refractivity contribution in [1.82, 2.24) is 5.32 Å². The van der Waals surface area contributed by atoms with Gasteiger partial charge in [0.15, 0.2) is 0 Å². The lowest BCUT2D eigenvalue weighted by Crippen LogP contribution is -2.13. The molecule has 3 nitrogen and oxygen atoms in total. The van der Waals surface area contributed by atoms with Crippen molar-refractivity contribution in [2.75, 3.05) is 6.54 Å². The van der Waals surface area contributed by atoms with Gasteiger partial charge in [0.25, 0.3) is 0 Å². The summed E-state index contributed by atoms with van der Waals surface area (Å²) in [5.41, 5.74) is 1.14. The van der Waals surface area contributed by atoms with Gasteiger partial charge in [-0.2, -0.15) is 0 Å². The van der Waals surface area contributed by atoms with Crippen molar-refractivity contribution < 1.29 is 9.15 Å². The van der Waals surface area contributed by atoms with Gasteiger partial charge in [-0.05, 0) is 49.7 Å². The first-order chi connectivity index (χ1) is 10.1. The third kappa shape index (κ3) is 4.77. The van der Waals surface area contributed by atoms with Crippen molar-refractivity contribution >= 4 is 27.5 Å². The maximum Gasteiger partial charge on any atom is 0.146 e. The van der Waals surface area contributed by atoms with Gasteiger partial charge in [-0.1, -0.05) is 34.5 Å². The highest BCUT2D eigenvalue weighted by Crippen LogP contribution is 2.28. The third-order valence-corrected chi connectivity index (χ3v) is 3.84. The standard InChI is InChI=1S/C16H19BrClNO2/c1-3-6-19-9-16-11(2)7-13(21-16)10-20-15-5-4-12(17)8-14(15)18/h4-5,7-8,19H,3,6,9-10H2,1-2H3. The Bertz CT molecular complexity index is 598. The minimum atomic E-state index is 0.371. The number of benzene rings is 1. The Hall–Kier alpha value is -0.970. The zero-order valence-corrected chi connectivity index (χ0v) is 14.6. The highest BCUT2D eigenvalue weighted by Gasteiger charge is 2.09. The van der Waals surface area contributed by atoms with Crippen LogP contribution >= 0.6 is 27.5 Å². The van der Waals surface area contributed by atoms with E-state index in [1.54, 1.807) is 0 Å². The van der Waals surface area contributed by atoms with Crippen LogP contribution in [0.3, 0.4) is 0 Å². The summed E-state index contributed by atoms with van der Waals surface area (Å²) >= 11 is 9.49. The first-order valence-electron chi connectivity index (χ1n) is 6.97. The Morgan fingerprint density at radius 1 is 1.33 bits per heavy atom. The van der Waals surface area contributed by atoms with Crippen molar-refractivity contribution in [3.8, 4) is 5.75 Å². The molecule has 1 heterocycles. The number of ether oxygens (including phenoxy) is 1. The van der Waals surface area contributed by atoms with E-state index < -0.39 is 0 Å². The smallest absolute Gasteiger partial charge is 0.146 e. The van der Waals surface area contributed by atoms with Gasteiger partial charge >= 0.3 is 0 Å². The van der Waals surface area contributed by atoms with Crippen LogP contribution in [-0.2, 0) is 13.2 Å². The van der Waals surface area contributed by atoms with Gasteiger partial charge in [0.1, 0.15) is 23.9 Å². The predicted molar refractivity (Wildman–Crippen MR) is 88.9 cm³/mol. The zero-order valence-electron chi connectivity index (χ0n) is 12.2. The van der Waals surface area contributed by atoms with Crippen molar-refractivity contribution in [3.05, 3.63) is 50.8 Å². The van der Waals surface area contributed by atoms with E-state index in [4.69, 9.17) is 20.8 Å². The summed E-state index contributed by atoms with van der Waals surface area (Å²) in [6, 6.07) is 7.56. The van der Waals surface area contributed by atoms with E-state index in [0.717, 1.165) is 41.1 Å². The molecule has 0 radical (unpaired) electrons. The molecule has 0 amide bonds. The fourth-order valence-corrected chi connectivity index (χ4v) is 2.68. The number of nitrogens with one attached hydrogen (secondary N) is 1. The van der Waals surface area contributed by atoms with Gasteiger partial charge in [0.05, 0.1) is 11.6 Å². The molecule has 0 saturated heterocycles. The lowest BCUT2D eigenvalue weighted by molar-refractivity contribution is 0.265. The number of halogens is 2. The van der Waals surface area contributed by atoms with Crippen LogP contribution in [0.4, 0.5) is 0 Å². The molecule has 0 spiro atoms.